The molecule has 2 aromatic rings. The number of nitrogens with two attached hydrogens (primary N) is 1. The fraction of sp³-hybridized carbons (Fsp3) is 0.353. The highest BCUT2D eigenvalue weighted by atomic mass is 15.2. The lowest BCUT2D eigenvalue weighted by Gasteiger charge is -2.27. The normalized spacial score (nSPS) is 11.2. The van der Waals surface area contributed by atoms with E-state index in [-0.39, 0.29) is 0 Å². The number of aromatic nitrogens is 1. The lowest BCUT2D eigenvalue weighted by Crippen LogP contribution is -2.30. The Morgan fingerprint density at radius 1 is 1.10 bits per heavy atom. The van der Waals surface area contributed by atoms with E-state index in [4.69, 9.17) is 5.73 Å². The highest BCUT2D eigenvalue weighted by Gasteiger charge is 2.13. The van der Waals surface area contributed by atoms with Crippen LogP contribution < -0.4 is 5.73 Å². The fourth-order valence-electron chi connectivity index (χ4n) is 2.19. The van der Waals surface area contributed by atoms with Gasteiger partial charge in [-0.15, -0.1) is 0 Å². The van der Waals surface area contributed by atoms with Gasteiger partial charge in [0.25, 0.3) is 0 Å². The van der Waals surface area contributed by atoms with E-state index >= 15 is 0 Å². The van der Waals surface area contributed by atoms with Crippen molar-refractivity contribution in [3.63, 3.8) is 0 Å². The number of nitrogen functional groups attached to an aromatic ring is 1. The van der Waals surface area contributed by atoms with E-state index in [0.29, 0.717) is 6.04 Å². The Balaban J connectivity index is 2.16. The van der Waals surface area contributed by atoms with E-state index in [1.165, 1.54) is 11.1 Å². The minimum absolute atomic E-state index is 0.441. The summed E-state index contributed by atoms with van der Waals surface area (Å²) >= 11 is 0. The highest BCUT2D eigenvalue weighted by molar-refractivity contribution is 5.46. The van der Waals surface area contributed by atoms with Gasteiger partial charge < -0.3 is 5.73 Å². The second-order valence-corrected chi connectivity index (χ2v) is 5.46. The molecule has 0 radical (unpaired) electrons. The zero-order chi connectivity index (χ0) is 14.5. The Morgan fingerprint density at radius 3 is 2.50 bits per heavy atom. The van der Waals surface area contributed by atoms with Gasteiger partial charge in [-0.3, -0.25) is 9.88 Å². The molecule has 0 amide bonds. The minimum atomic E-state index is 0.441. The molecular formula is C17H23N3. The first-order valence-corrected chi connectivity index (χ1v) is 7.06. The SMILES string of the molecule is Cc1cccnc1CN(Cc1ccccc1N)C(C)C. The second-order valence-electron chi connectivity index (χ2n) is 5.46. The van der Waals surface area contributed by atoms with Crippen molar-refractivity contribution in [2.75, 3.05) is 5.73 Å². The molecule has 0 aliphatic rings. The largest absolute Gasteiger partial charge is 0.398 e. The van der Waals surface area contributed by atoms with E-state index in [1.807, 2.05) is 30.5 Å². The Kier molecular flexibility index (Phi) is 4.74. The third kappa shape index (κ3) is 3.58. The molecular weight excluding hydrogens is 246 g/mol. The summed E-state index contributed by atoms with van der Waals surface area (Å²) in [6.45, 7) is 8.21. The van der Waals surface area contributed by atoms with Crippen LogP contribution in [0.15, 0.2) is 42.6 Å². The van der Waals surface area contributed by atoms with Gasteiger partial charge in [0, 0.05) is 31.0 Å². The fourth-order valence-corrected chi connectivity index (χ4v) is 2.19. The summed E-state index contributed by atoms with van der Waals surface area (Å²) in [4.78, 5) is 6.88. The van der Waals surface area contributed by atoms with Crippen molar-refractivity contribution in [3.05, 3.63) is 59.4 Å². The Labute approximate surface area is 121 Å². The minimum Gasteiger partial charge on any atom is -0.398 e. The van der Waals surface area contributed by atoms with Crippen LogP contribution in [-0.2, 0) is 13.1 Å². The molecule has 1 aromatic carbocycles. The number of hydrogen-bond donors (Lipinski definition) is 1. The lowest BCUT2D eigenvalue weighted by molar-refractivity contribution is 0.201. The molecule has 1 aromatic heterocycles. The van der Waals surface area contributed by atoms with Crippen molar-refractivity contribution in [2.24, 2.45) is 0 Å². The summed E-state index contributed by atoms with van der Waals surface area (Å²) in [6.07, 6.45) is 1.86. The second kappa shape index (κ2) is 6.53. The van der Waals surface area contributed by atoms with Crippen LogP contribution in [0.4, 0.5) is 5.69 Å². The Hall–Kier alpha value is -1.87. The quantitative estimate of drug-likeness (QED) is 0.846. The average molecular weight is 269 g/mol. The molecule has 3 heteroatoms. The van der Waals surface area contributed by atoms with Gasteiger partial charge in [0.15, 0.2) is 0 Å². The summed E-state index contributed by atoms with van der Waals surface area (Å²) in [5.41, 5.74) is 10.5. The predicted molar refractivity (Wildman–Crippen MR) is 84.2 cm³/mol. The molecule has 0 atom stereocenters. The molecule has 1 heterocycles. The number of pyridine rings is 1. The zero-order valence-electron chi connectivity index (χ0n) is 12.5. The summed E-state index contributed by atoms with van der Waals surface area (Å²) in [5, 5.41) is 0. The monoisotopic (exact) mass is 269 g/mol. The van der Waals surface area contributed by atoms with Crippen LogP contribution >= 0.6 is 0 Å². The van der Waals surface area contributed by atoms with E-state index in [9.17, 15) is 0 Å². The van der Waals surface area contributed by atoms with Crippen molar-refractivity contribution in [1.82, 2.24) is 9.88 Å². The molecule has 0 aliphatic carbocycles. The van der Waals surface area contributed by atoms with Crippen molar-refractivity contribution in [1.29, 1.82) is 0 Å². The maximum Gasteiger partial charge on any atom is 0.0573 e. The molecule has 2 rings (SSSR count). The number of aryl methyl sites for hydroxylation is 1. The van der Waals surface area contributed by atoms with E-state index in [0.717, 1.165) is 24.5 Å². The molecule has 2 N–H and O–H groups in total. The first kappa shape index (κ1) is 14.5. The standard InChI is InChI=1S/C17H23N3/c1-13(2)20(11-15-8-4-5-9-16(15)18)12-17-14(3)7-6-10-19-17/h4-10,13H,11-12,18H2,1-3H3. The van der Waals surface area contributed by atoms with Crippen LogP contribution in [0.5, 0.6) is 0 Å². The highest BCUT2D eigenvalue weighted by Crippen LogP contribution is 2.18. The lowest BCUT2D eigenvalue weighted by atomic mass is 10.1. The summed E-state index contributed by atoms with van der Waals surface area (Å²) in [5.74, 6) is 0. The van der Waals surface area contributed by atoms with E-state index in [1.54, 1.807) is 0 Å². The van der Waals surface area contributed by atoms with Crippen LogP contribution in [0.25, 0.3) is 0 Å². The van der Waals surface area contributed by atoms with Crippen molar-refractivity contribution >= 4 is 5.69 Å². The van der Waals surface area contributed by atoms with Gasteiger partial charge in [-0.25, -0.2) is 0 Å². The van der Waals surface area contributed by atoms with Crippen LogP contribution in [0.3, 0.4) is 0 Å². The average Bonchev–Trinajstić information content (AvgIpc) is 2.42. The van der Waals surface area contributed by atoms with Crippen LogP contribution in [0.2, 0.25) is 0 Å². The maximum atomic E-state index is 6.05. The Morgan fingerprint density at radius 2 is 1.85 bits per heavy atom. The van der Waals surface area contributed by atoms with Gasteiger partial charge in [0.1, 0.15) is 0 Å². The van der Waals surface area contributed by atoms with Gasteiger partial charge in [-0.2, -0.15) is 0 Å². The maximum absolute atomic E-state index is 6.05. The molecule has 3 nitrogen and oxygen atoms in total. The van der Waals surface area contributed by atoms with Crippen molar-refractivity contribution < 1.29 is 0 Å². The van der Waals surface area contributed by atoms with Gasteiger partial charge in [-0.05, 0) is 44.0 Å². The van der Waals surface area contributed by atoms with E-state index < -0.39 is 0 Å². The molecule has 0 fully saturated rings. The third-order valence-corrected chi connectivity index (χ3v) is 3.63. The van der Waals surface area contributed by atoms with E-state index in [2.05, 4.69) is 42.8 Å². The predicted octanol–water partition coefficient (Wildman–Crippen LogP) is 3.38. The Bertz CT molecular complexity index is 516. The number of anilines is 1. The molecule has 0 unspecified atom stereocenters. The topological polar surface area (TPSA) is 42.2 Å². The third-order valence-electron chi connectivity index (χ3n) is 3.63. The number of benzene rings is 1. The number of nitrogens with zero attached hydrogens (tertiary/aromatic N) is 2. The van der Waals surface area contributed by atoms with Gasteiger partial charge in [0.05, 0.1) is 5.69 Å². The van der Waals surface area contributed by atoms with Gasteiger partial charge >= 0.3 is 0 Å². The molecule has 0 spiro atoms. The first-order chi connectivity index (χ1) is 9.58. The number of rotatable bonds is 5. The smallest absolute Gasteiger partial charge is 0.0573 e. The van der Waals surface area contributed by atoms with Crippen LogP contribution in [0, 0.1) is 6.92 Å². The zero-order valence-corrected chi connectivity index (χ0v) is 12.5. The number of para-hydroxylation sites is 1. The summed E-state index contributed by atoms with van der Waals surface area (Å²) in [6, 6.07) is 12.6. The van der Waals surface area contributed by atoms with Crippen LogP contribution in [-0.4, -0.2) is 15.9 Å². The molecule has 0 saturated heterocycles. The summed E-state index contributed by atoms with van der Waals surface area (Å²) < 4.78 is 0. The molecule has 0 aliphatic heterocycles. The van der Waals surface area contributed by atoms with Crippen LogP contribution in [0.1, 0.15) is 30.7 Å². The van der Waals surface area contributed by atoms with Gasteiger partial charge in [0.2, 0.25) is 0 Å². The van der Waals surface area contributed by atoms with Crippen molar-refractivity contribution in [3.8, 4) is 0 Å². The van der Waals surface area contributed by atoms with Crippen molar-refractivity contribution in [2.45, 2.75) is 39.9 Å². The number of hydrogen-bond acceptors (Lipinski definition) is 3. The molecule has 0 bridgehead atoms. The van der Waals surface area contributed by atoms with Gasteiger partial charge in [-0.1, -0.05) is 24.3 Å². The summed E-state index contributed by atoms with van der Waals surface area (Å²) in [7, 11) is 0. The molecule has 20 heavy (non-hydrogen) atoms. The first-order valence-electron chi connectivity index (χ1n) is 7.06. The molecule has 106 valence electrons. The molecule has 0 saturated carbocycles.